The van der Waals surface area contributed by atoms with Crippen molar-refractivity contribution in [2.75, 3.05) is 6.54 Å². The number of H-pyrrole nitrogens is 1. The number of nitrogens with two attached hydrogens (primary N) is 1. The minimum absolute atomic E-state index is 0.0499. The molecule has 1 heterocycles. The van der Waals surface area contributed by atoms with E-state index >= 15 is 0 Å². The molecule has 0 fully saturated rings. The minimum Gasteiger partial charge on any atom is -0.477 e. The van der Waals surface area contributed by atoms with E-state index in [2.05, 4.69) is 4.98 Å². The van der Waals surface area contributed by atoms with Gasteiger partial charge in [-0.2, -0.15) is 0 Å². The number of nitrogens with one attached hydrogen (secondary N) is 1. The van der Waals surface area contributed by atoms with Gasteiger partial charge in [0.1, 0.15) is 5.69 Å². The quantitative estimate of drug-likeness (QED) is 0.414. The van der Waals surface area contributed by atoms with Crippen LogP contribution in [0, 0.1) is 0 Å². The number of alkyl halides is 2. The van der Waals surface area contributed by atoms with Gasteiger partial charge in [-0.15, -0.1) is 0 Å². The highest BCUT2D eigenvalue weighted by atomic mass is 19.3. The minimum atomic E-state index is -3.08. The predicted octanol–water partition coefficient (Wildman–Crippen LogP) is 1.30. The number of aliphatic hydroxyl groups is 3. The third kappa shape index (κ3) is 3.47. The molecule has 0 atom stereocenters. The van der Waals surface area contributed by atoms with Crippen molar-refractivity contribution in [3.8, 4) is 11.1 Å². The molecule has 0 saturated carbocycles. The van der Waals surface area contributed by atoms with Gasteiger partial charge >= 0.3 is 5.97 Å². The van der Waals surface area contributed by atoms with Crippen molar-refractivity contribution in [3.05, 3.63) is 45.8 Å². The number of rotatable bonds is 8. The summed E-state index contributed by atoms with van der Waals surface area (Å²) in [7, 11) is 0. The van der Waals surface area contributed by atoms with Crippen LogP contribution in [0.2, 0.25) is 0 Å². The summed E-state index contributed by atoms with van der Waals surface area (Å²) >= 11 is 0. The molecular formula is C17H20F2N2O5. The first-order valence-electron chi connectivity index (χ1n) is 7.83. The first-order chi connectivity index (χ1) is 12.4. The molecule has 7 N–H and O–H groups in total. The summed E-state index contributed by atoms with van der Waals surface area (Å²) < 4.78 is 27.4. The lowest BCUT2D eigenvalue weighted by atomic mass is 9.90. The Morgan fingerprint density at radius 1 is 1.12 bits per heavy atom. The molecule has 0 aliphatic carbocycles. The van der Waals surface area contributed by atoms with Crippen LogP contribution >= 0.6 is 0 Å². The SMILES string of the molecule is NCCc1[nH]c(C(=O)O)c(C(F)F)c1-c1ccc(CO)c(CO)c1CO. The Kier molecular flexibility index (Phi) is 6.43. The normalized spacial score (nSPS) is 11.3. The van der Waals surface area contributed by atoms with Crippen molar-refractivity contribution in [2.24, 2.45) is 5.73 Å². The molecular weight excluding hydrogens is 350 g/mol. The van der Waals surface area contributed by atoms with Gasteiger partial charge in [-0.3, -0.25) is 0 Å². The van der Waals surface area contributed by atoms with Gasteiger partial charge in [0.15, 0.2) is 0 Å². The van der Waals surface area contributed by atoms with Gasteiger partial charge in [0, 0.05) is 17.7 Å². The first kappa shape index (κ1) is 20.0. The van der Waals surface area contributed by atoms with Crippen molar-refractivity contribution in [1.82, 2.24) is 4.98 Å². The van der Waals surface area contributed by atoms with E-state index in [0.717, 1.165) is 0 Å². The maximum Gasteiger partial charge on any atom is 0.352 e. The zero-order chi connectivity index (χ0) is 19.4. The standard InChI is InChI=1S/C17H20F2N2O5/c18-16(19)14-13(12(3-4-20)21-15(14)17(25)26)9-2-1-8(5-22)10(6-23)11(9)7-24/h1-2,16,21-24H,3-7,20H2,(H,25,26). The number of aliphatic hydroxyl groups excluding tert-OH is 3. The Morgan fingerprint density at radius 3 is 2.23 bits per heavy atom. The fourth-order valence-corrected chi connectivity index (χ4v) is 3.10. The molecule has 0 amide bonds. The summed E-state index contributed by atoms with van der Waals surface area (Å²) in [6.45, 7) is -1.43. The number of carboxylic acids is 1. The number of aromatic amines is 1. The van der Waals surface area contributed by atoms with Crippen LogP contribution in [0.1, 0.15) is 44.9 Å². The molecule has 9 heteroatoms. The van der Waals surface area contributed by atoms with E-state index in [1.807, 2.05) is 0 Å². The second kappa shape index (κ2) is 8.37. The van der Waals surface area contributed by atoms with Gasteiger partial charge in [0.25, 0.3) is 6.43 Å². The van der Waals surface area contributed by atoms with E-state index < -0.39 is 43.5 Å². The number of halogens is 2. The van der Waals surface area contributed by atoms with Crippen LogP contribution in [0.15, 0.2) is 12.1 Å². The number of aromatic nitrogens is 1. The molecule has 0 unspecified atom stereocenters. The van der Waals surface area contributed by atoms with Crippen LogP contribution in [-0.2, 0) is 26.2 Å². The highest BCUT2D eigenvalue weighted by molar-refractivity contribution is 5.92. The third-order valence-corrected chi connectivity index (χ3v) is 4.23. The highest BCUT2D eigenvalue weighted by Gasteiger charge is 2.30. The van der Waals surface area contributed by atoms with Crippen molar-refractivity contribution in [3.63, 3.8) is 0 Å². The van der Waals surface area contributed by atoms with Crippen LogP contribution in [-0.4, -0.2) is 37.9 Å². The number of hydrogen-bond donors (Lipinski definition) is 6. The van der Waals surface area contributed by atoms with Crippen molar-refractivity contribution in [2.45, 2.75) is 32.7 Å². The smallest absolute Gasteiger partial charge is 0.352 e. The van der Waals surface area contributed by atoms with E-state index in [9.17, 15) is 34.0 Å². The molecule has 142 valence electrons. The molecule has 0 bridgehead atoms. The first-order valence-corrected chi connectivity index (χ1v) is 7.83. The molecule has 0 saturated heterocycles. The van der Waals surface area contributed by atoms with Gasteiger partial charge in [-0.05, 0) is 28.8 Å². The summed E-state index contributed by atoms with van der Waals surface area (Å²) in [6, 6.07) is 2.85. The predicted molar refractivity (Wildman–Crippen MR) is 88.7 cm³/mol. The van der Waals surface area contributed by atoms with Gasteiger partial charge in [0.2, 0.25) is 0 Å². The maximum absolute atomic E-state index is 13.7. The van der Waals surface area contributed by atoms with Gasteiger partial charge in [-0.25, -0.2) is 13.6 Å². The molecule has 0 radical (unpaired) electrons. The summed E-state index contributed by atoms with van der Waals surface area (Å²) in [4.78, 5) is 13.9. The van der Waals surface area contributed by atoms with E-state index in [0.29, 0.717) is 5.56 Å². The lowest BCUT2D eigenvalue weighted by molar-refractivity contribution is 0.0679. The average molecular weight is 370 g/mol. The highest BCUT2D eigenvalue weighted by Crippen LogP contribution is 2.40. The Morgan fingerprint density at radius 2 is 1.77 bits per heavy atom. The van der Waals surface area contributed by atoms with Gasteiger partial charge < -0.3 is 31.1 Å². The van der Waals surface area contributed by atoms with Crippen LogP contribution in [0.25, 0.3) is 11.1 Å². The van der Waals surface area contributed by atoms with Crippen LogP contribution < -0.4 is 5.73 Å². The Hall–Kier alpha value is -2.33. The van der Waals surface area contributed by atoms with Crippen LogP contribution in [0.5, 0.6) is 0 Å². The number of aromatic carboxylic acids is 1. The fraction of sp³-hybridized carbons (Fsp3) is 0.353. The largest absolute Gasteiger partial charge is 0.477 e. The van der Waals surface area contributed by atoms with E-state index in [1.54, 1.807) is 0 Å². The van der Waals surface area contributed by atoms with E-state index in [-0.39, 0.29) is 40.9 Å². The van der Waals surface area contributed by atoms with Crippen LogP contribution in [0.3, 0.4) is 0 Å². The number of hydrogen-bond acceptors (Lipinski definition) is 5. The molecule has 2 rings (SSSR count). The number of benzene rings is 1. The fourth-order valence-electron chi connectivity index (χ4n) is 3.10. The Labute approximate surface area is 147 Å². The lowest BCUT2D eigenvalue weighted by Gasteiger charge is -2.17. The number of carboxylic acid groups (broad SMARTS) is 1. The van der Waals surface area contributed by atoms with E-state index in [1.165, 1.54) is 12.1 Å². The summed E-state index contributed by atoms with van der Waals surface area (Å²) in [5.74, 6) is -1.54. The molecule has 2 aromatic rings. The average Bonchev–Trinajstić information content (AvgIpc) is 3.00. The van der Waals surface area contributed by atoms with E-state index in [4.69, 9.17) is 5.73 Å². The van der Waals surface area contributed by atoms with Crippen molar-refractivity contribution in [1.29, 1.82) is 0 Å². The third-order valence-electron chi connectivity index (χ3n) is 4.23. The summed E-state index contributed by atoms with van der Waals surface area (Å²) in [5.41, 5.74) is 5.20. The zero-order valence-electron chi connectivity index (χ0n) is 13.8. The molecule has 1 aromatic heterocycles. The lowest BCUT2D eigenvalue weighted by Crippen LogP contribution is -2.07. The Balaban J connectivity index is 2.88. The second-order valence-corrected chi connectivity index (χ2v) is 5.62. The molecule has 0 aliphatic rings. The monoisotopic (exact) mass is 370 g/mol. The Bertz CT molecular complexity index is 805. The topological polar surface area (TPSA) is 140 Å². The molecule has 0 aliphatic heterocycles. The van der Waals surface area contributed by atoms with Gasteiger partial charge in [-0.1, -0.05) is 12.1 Å². The molecule has 7 nitrogen and oxygen atoms in total. The second-order valence-electron chi connectivity index (χ2n) is 5.62. The summed E-state index contributed by atoms with van der Waals surface area (Å²) in [6.07, 6.45) is -2.97. The summed E-state index contributed by atoms with van der Waals surface area (Å²) in [5, 5.41) is 38.0. The molecule has 26 heavy (non-hydrogen) atoms. The van der Waals surface area contributed by atoms with Crippen LogP contribution in [0.4, 0.5) is 8.78 Å². The molecule has 1 aromatic carbocycles. The molecule has 0 spiro atoms. The maximum atomic E-state index is 13.7. The number of carbonyl (C=O) groups is 1. The van der Waals surface area contributed by atoms with Crippen molar-refractivity contribution < 1.29 is 34.0 Å². The van der Waals surface area contributed by atoms with Gasteiger partial charge in [0.05, 0.1) is 25.4 Å². The zero-order valence-corrected chi connectivity index (χ0v) is 13.8. The van der Waals surface area contributed by atoms with Crippen molar-refractivity contribution >= 4 is 5.97 Å².